The Kier molecular flexibility index (Phi) is 3.92. The Morgan fingerprint density at radius 3 is 1.57 bits per heavy atom. The lowest BCUT2D eigenvalue weighted by Crippen LogP contribution is -2.05. The third kappa shape index (κ3) is 2.98. The highest BCUT2D eigenvalue weighted by Gasteiger charge is 2.13. The molecule has 1 aromatic heterocycles. The van der Waals surface area contributed by atoms with Gasteiger partial charge in [0.2, 0.25) is 11.8 Å². The van der Waals surface area contributed by atoms with Crippen LogP contribution < -0.4 is 10.6 Å². The lowest BCUT2D eigenvalue weighted by Gasteiger charge is -2.05. The molecule has 23 heavy (non-hydrogen) atoms. The second-order valence-corrected chi connectivity index (χ2v) is 6.06. The van der Waals surface area contributed by atoms with Crippen LogP contribution in [0.5, 0.6) is 0 Å². The van der Waals surface area contributed by atoms with Gasteiger partial charge in [0.15, 0.2) is 0 Å². The van der Waals surface area contributed by atoms with E-state index in [-0.39, 0.29) is 11.8 Å². The Morgan fingerprint density at radius 2 is 1.22 bits per heavy atom. The zero-order valence-corrected chi connectivity index (χ0v) is 13.9. The molecule has 3 rings (SSSR count). The molecule has 0 spiro atoms. The predicted octanol–water partition coefficient (Wildman–Crippen LogP) is 4.54. The standard InChI is InChI=1S/C16H13Cl2N3O2/c1-7(22)19-9-3-11-12-4-10(20-8(2)23)6-14(18)16(12)21-15(11)13(17)5-9/h3-6,21H,1-2H3,(H,19,22)(H,20,23). The average molecular weight is 350 g/mol. The molecule has 2 amide bonds. The lowest BCUT2D eigenvalue weighted by atomic mass is 10.1. The van der Waals surface area contributed by atoms with Crippen molar-refractivity contribution in [3.63, 3.8) is 0 Å². The molecule has 118 valence electrons. The van der Waals surface area contributed by atoms with Crippen molar-refractivity contribution in [2.75, 3.05) is 10.6 Å². The maximum atomic E-state index is 11.3. The Bertz CT molecular complexity index is 887. The quantitative estimate of drug-likeness (QED) is 0.635. The van der Waals surface area contributed by atoms with E-state index in [1.165, 1.54) is 13.8 Å². The third-order valence-corrected chi connectivity index (χ3v) is 3.96. The van der Waals surface area contributed by atoms with Crippen LogP contribution in [0.25, 0.3) is 21.8 Å². The highest BCUT2D eigenvalue weighted by atomic mass is 35.5. The molecule has 0 atom stereocenters. The Hall–Kier alpha value is -2.24. The molecule has 3 N–H and O–H groups in total. The number of hydrogen-bond donors (Lipinski definition) is 3. The number of H-pyrrole nitrogens is 1. The number of aromatic amines is 1. The van der Waals surface area contributed by atoms with E-state index < -0.39 is 0 Å². The van der Waals surface area contributed by atoms with E-state index in [2.05, 4.69) is 15.6 Å². The summed E-state index contributed by atoms with van der Waals surface area (Å²) in [4.78, 5) is 25.7. The van der Waals surface area contributed by atoms with Crippen molar-refractivity contribution in [3.05, 3.63) is 34.3 Å². The van der Waals surface area contributed by atoms with Crippen LogP contribution in [0.3, 0.4) is 0 Å². The second-order valence-electron chi connectivity index (χ2n) is 5.25. The predicted molar refractivity (Wildman–Crippen MR) is 94.4 cm³/mol. The number of halogens is 2. The smallest absolute Gasteiger partial charge is 0.221 e. The number of rotatable bonds is 2. The monoisotopic (exact) mass is 349 g/mol. The number of anilines is 2. The van der Waals surface area contributed by atoms with Crippen molar-refractivity contribution in [2.24, 2.45) is 0 Å². The van der Waals surface area contributed by atoms with Gasteiger partial charge in [-0.15, -0.1) is 0 Å². The number of nitrogens with one attached hydrogen (secondary N) is 3. The zero-order valence-electron chi connectivity index (χ0n) is 12.4. The van der Waals surface area contributed by atoms with Crippen LogP contribution in [0.15, 0.2) is 24.3 Å². The largest absolute Gasteiger partial charge is 0.352 e. The number of carbonyl (C=O) groups is 2. The maximum absolute atomic E-state index is 11.3. The van der Waals surface area contributed by atoms with Gasteiger partial charge in [-0.1, -0.05) is 23.2 Å². The minimum Gasteiger partial charge on any atom is -0.352 e. The summed E-state index contributed by atoms with van der Waals surface area (Å²) in [7, 11) is 0. The van der Waals surface area contributed by atoms with Crippen LogP contribution in [0.4, 0.5) is 11.4 Å². The lowest BCUT2D eigenvalue weighted by molar-refractivity contribution is -0.115. The van der Waals surface area contributed by atoms with Crippen molar-refractivity contribution < 1.29 is 9.59 Å². The van der Waals surface area contributed by atoms with Crippen molar-refractivity contribution in [1.29, 1.82) is 0 Å². The first-order valence-corrected chi connectivity index (χ1v) is 7.60. The van der Waals surface area contributed by atoms with E-state index in [1.54, 1.807) is 12.1 Å². The molecule has 0 unspecified atom stereocenters. The zero-order chi connectivity index (χ0) is 16.7. The number of aromatic nitrogens is 1. The molecule has 0 fully saturated rings. The molecular weight excluding hydrogens is 337 g/mol. The summed E-state index contributed by atoms with van der Waals surface area (Å²) in [6, 6.07) is 6.97. The Balaban J connectivity index is 2.29. The summed E-state index contributed by atoms with van der Waals surface area (Å²) in [5.74, 6) is -0.366. The summed E-state index contributed by atoms with van der Waals surface area (Å²) in [6.45, 7) is 2.86. The fourth-order valence-electron chi connectivity index (χ4n) is 2.57. The highest BCUT2D eigenvalue weighted by molar-refractivity contribution is 6.39. The molecule has 0 saturated heterocycles. The van der Waals surface area contributed by atoms with Crippen LogP contribution in [-0.2, 0) is 9.59 Å². The summed E-state index contributed by atoms with van der Waals surface area (Å²) >= 11 is 12.6. The van der Waals surface area contributed by atoms with Gasteiger partial charge in [-0.05, 0) is 24.3 Å². The molecule has 0 radical (unpaired) electrons. The van der Waals surface area contributed by atoms with Crippen LogP contribution in [0.1, 0.15) is 13.8 Å². The SMILES string of the molecule is CC(=O)Nc1cc(Cl)c2[nH]c3c(Cl)cc(NC(C)=O)cc3c2c1. The van der Waals surface area contributed by atoms with Crippen molar-refractivity contribution >= 4 is 68.2 Å². The molecule has 0 bridgehead atoms. The molecule has 1 heterocycles. The van der Waals surface area contributed by atoms with Gasteiger partial charge in [0.1, 0.15) is 0 Å². The van der Waals surface area contributed by atoms with E-state index in [0.29, 0.717) is 21.4 Å². The van der Waals surface area contributed by atoms with Crippen LogP contribution in [0.2, 0.25) is 10.0 Å². The molecule has 0 aliphatic carbocycles. The van der Waals surface area contributed by atoms with E-state index in [1.807, 2.05) is 12.1 Å². The van der Waals surface area contributed by atoms with Gasteiger partial charge in [0.05, 0.1) is 21.1 Å². The molecule has 7 heteroatoms. The van der Waals surface area contributed by atoms with Gasteiger partial charge in [-0.2, -0.15) is 0 Å². The van der Waals surface area contributed by atoms with Crippen molar-refractivity contribution in [2.45, 2.75) is 13.8 Å². The average Bonchev–Trinajstić information content (AvgIpc) is 2.77. The molecule has 5 nitrogen and oxygen atoms in total. The van der Waals surface area contributed by atoms with Crippen molar-refractivity contribution in [3.8, 4) is 0 Å². The number of benzene rings is 2. The first-order valence-electron chi connectivity index (χ1n) is 6.85. The molecule has 2 aromatic carbocycles. The van der Waals surface area contributed by atoms with Gasteiger partial charge in [-0.3, -0.25) is 9.59 Å². The van der Waals surface area contributed by atoms with Crippen LogP contribution in [-0.4, -0.2) is 16.8 Å². The first kappa shape index (κ1) is 15.6. The number of amides is 2. The molecule has 0 aliphatic rings. The van der Waals surface area contributed by atoms with E-state index in [9.17, 15) is 9.59 Å². The molecule has 0 aliphatic heterocycles. The second kappa shape index (κ2) is 5.76. The minimum atomic E-state index is -0.183. The van der Waals surface area contributed by atoms with Gasteiger partial charge in [0, 0.05) is 36.0 Å². The van der Waals surface area contributed by atoms with Gasteiger partial charge < -0.3 is 15.6 Å². The number of hydrogen-bond acceptors (Lipinski definition) is 2. The Morgan fingerprint density at radius 1 is 0.826 bits per heavy atom. The van der Waals surface area contributed by atoms with Gasteiger partial charge in [-0.25, -0.2) is 0 Å². The summed E-state index contributed by atoms with van der Waals surface area (Å²) < 4.78 is 0. The van der Waals surface area contributed by atoms with E-state index in [4.69, 9.17) is 23.2 Å². The Labute approximate surface area is 141 Å². The minimum absolute atomic E-state index is 0.183. The third-order valence-electron chi connectivity index (χ3n) is 3.36. The summed E-state index contributed by atoms with van der Waals surface area (Å²) in [5.41, 5.74) is 2.63. The topological polar surface area (TPSA) is 74.0 Å². The summed E-state index contributed by atoms with van der Waals surface area (Å²) in [5, 5.41) is 7.99. The molecular formula is C16H13Cl2N3O2. The fraction of sp³-hybridized carbons (Fsp3) is 0.125. The van der Waals surface area contributed by atoms with Crippen molar-refractivity contribution in [1.82, 2.24) is 4.98 Å². The van der Waals surface area contributed by atoms with Crippen LogP contribution >= 0.6 is 23.2 Å². The normalized spacial score (nSPS) is 11.0. The molecule has 0 saturated carbocycles. The van der Waals surface area contributed by atoms with E-state index >= 15 is 0 Å². The van der Waals surface area contributed by atoms with E-state index in [0.717, 1.165) is 21.8 Å². The number of carbonyl (C=O) groups excluding carboxylic acids is 2. The summed E-state index contributed by atoms with van der Waals surface area (Å²) in [6.07, 6.45) is 0. The molecule has 3 aromatic rings. The van der Waals surface area contributed by atoms with Gasteiger partial charge in [0.25, 0.3) is 0 Å². The highest BCUT2D eigenvalue weighted by Crippen LogP contribution is 2.37. The number of fused-ring (bicyclic) bond motifs is 3. The van der Waals surface area contributed by atoms with Crippen LogP contribution in [0, 0.1) is 0 Å². The maximum Gasteiger partial charge on any atom is 0.221 e. The van der Waals surface area contributed by atoms with Gasteiger partial charge >= 0.3 is 0 Å². The fourth-order valence-corrected chi connectivity index (χ4v) is 3.10. The first-order chi connectivity index (χ1) is 10.8.